The molecule has 3 aromatic rings. The number of hydrogen-bond donors (Lipinski definition) is 2. The van der Waals surface area contributed by atoms with Gasteiger partial charge in [0.05, 0.1) is 12.1 Å². The number of carbonyl (C=O) groups excluding carboxylic acids is 3. The number of amides is 2. The standard InChI is InChI=1S/C23H23N3O4S/c1-15-7-9-17(10-8-15)25-20(27)11-21-26-18(14-31-21)13-30-22(28)12-24-23(29)19-6-4-3-5-16(19)2/h3-10,14H,11-13H2,1-2H3,(H,24,29)(H,25,27). The highest BCUT2D eigenvalue weighted by molar-refractivity contribution is 7.09. The van der Waals surface area contributed by atoms with Gasteiger partial charge in [-0.05, 0) is 37.6 Å². The SMILES string of the molecule is Cc1ccc(NC(=O)Cc2nc(COC(=O)CNC(=O)c3ccccc3C)cs2)cc1. The lowest BCUT2D eigenvalue weighted by molar-refractivity contribution is -0.143. The lowest BCUT2D eigenvalue weighted by atomic mass is 10.1. The van der Waals surface area contributed by atoms with Gasteiger partial charge in [0.1, 0.15) is 18.2 Å². The Bertz CT molecular complexity index is 1080. The molecule has 2 amide bonds. The molecule has 0 aliphatic heterocycles. The van der Waals surface area contributed by atoms with Crippen LogP contribution in [-0.4, -0.2) is 29.3 Å². The van der Waals surface area contributed by atoms with E-state index in [9.17, 15) is 14.4 Å². The molecule has 0 bridgehead atoms. The van der Waals surface area contributed by atoms with Gasteiger partial charge in [-0.15, -0.1) is 11.3 Å². The minimum absolute atomic E-state index is 0.0187. The molecule has 0 atom stereocenters. The number of aryl methyl sites for hydroxylation is 2. The monoisotopic (exact) mass is 437 g/mol. The van der Waals surface area contributed by atoms with Gasteiger partial charge in [0.2, 0.25) is 5.91 Å². The van der Waals surface area contributed by atoms with Gasteiger partial charge in [-0.25, -0.2) is 4.98 Å². The molecule has 0 saturated carbocycles. The van der Waals surface area contributed by atoms with Crippen molar-refractivity contribution in [3.05, 3.63) is 81.3 Å². The lowest BCUT2D eigenvalue weighted by Gasteiger charge is -2.07. The molecule has 0 spiro atoms. The fraction of sp³-hybridized carbons (Fsp3) is 0.217. The van der Waals surface area contributed by atoms with Crippen molar-refractivity contribution >= 4 is 34.8 Å². The summed E-state index contributed by atoms with van der Waals surface area (Å²) in [5.74, 6) is -1.06. The summed E-state index contributed by atoms with van der Waals surface area (Å²) in [6.07, 6.45) is 0.138. The van der Waals surface area contributed by atoms with Crippen molar-refractivity contribution in [2.75, 3.05) is 11.9 Å². The number of benzene rings is 2. The van der Waals surface area contributed by atoms with Crippen LogP contribution in [0.2, 0.25) is 0 Å². The van der Waals surface area contributed by atoms with Crippen molar-refractivity contribution < 1.29 is 19.1 Å². The molecule has 2 aromatic carbocycles. The Morgan fingerprint density at radius 2 is 1.77 bits per heavy atom. The zero-order chi connectivity index (χ0) is 22.2. The fourth-order valence-corrected chi connectivity index (χ4v) is 3.53. The van der Waals surface area contributed by atoms with Crippen LogP contribution in [0, 0.1) is 13.8 Å². The number of anilines is 1. The molecule has 0 unspecified atom stereocenters. The molecule has 0 aliphatic carbocycles. The van der Waals surface area contributed by atoms with Gasteiger partial charge in [-0.1, -0.05) is 35.9 Å². The fourth-order valence-electron chi connectivity index (χ4n) is 2.76. The van der Waals surface area contributed by atoms with E-state index in [-0.39, 0.29) is 31.4 Å². The van der Waals surface area contributed by atoms with E-state index in [1.165, 1.54) is 11.3 Å². The van der Waals surface area contributed by atoms with E-state index in [4.69, 9.17) is 4.74 Å². The van der Waals surface area contributed by atoms with E-state index >= 15 is 0 Å². The number of esters is 1. The minimum Gasteiger partial charge on any atom is -0.458 e. The van der Waals surface area contributed by atoms with Gasteiger partial charge in [0.15, 0.2) is 0 Å². The van der Waals surface area contributed by atoms with Gasteiger partial charge in [-0.2, -0.15) is 0 Å². The molecule has 160 valence electrons. The Kier molecular flexibility index (Phi) is 7.50. The van der Waals surface area contributed by atoms with Crippen LogP contribution < -0.4 is 10.6 Å². The van der Waals surface area contributed by atoms with Gasteiger partial charge in [0, 0.05) is 16.6 Å². The zero-order valence-electron chi connectivity index (χ0n) is 17.3. The number of nitrogens with zero attached hydrogens (tertiary/aromatic N) is 1. The van der Waals surface area contributed by atoms with E-state index in [1.54, 1.807) is 17.5 Å². The molecule has 0 aliphatic rings. The molecule has 1 aromatic heterocycles. The zero-order valence-corrected chi connectivity index (χ0v) is 18.1. The molecule has 8 heteroatoms. The van der Waals surface area contributed by atoms with Crippen molar-refractivity contribution in [2.24, 2.45) is 0 Å². The Labute approximate surface area is 184 Å². The topological polar surface area (TPSA) is 97.4 Å². The largest absolute Gasteiger partial charge is 0.458 e. The summed E-state index contributed by atoms with van der Waals surface area (Å²) in [5.41, 5.74) is 3.75. The highest BCUT2D eigenvalue weighted by Crippen LogP contribution is 2.14. The second-order valence-electron chi connectivity index (χ2n) is 6.98. The summed E-state index contributed by atoms with van der Waals surface area (Å²) >= 11 is 1.33. The molecule has 0 fully saturated rings. The lowest BCUT2D eigenvalue weighted by Crippen LogP contribution is -2.31. The predicted octanol–water partition coefficient (Wildman–Crippen LogP) is 3.41. The number of hydrogen-bond acceptors (Lipinski definition) is 6. The van der Waals surface area contributed by atoms with Crippen LogP contribution in [0.15, 0.2) is 53.9 Å². The Morgan fingerprint density at radius 1 is 1.03 bits per heavy atom. The van der Waals surface area contributed by atoms with Crippen molar-refractivity contribution in [1.82, 2.24) is 10.3 Å². The van der Waals surface area contributed by atoms with E-state index in [0.717, 1.165) is 16.8 Å². The first kappa shape index (κ1) is 22.2. The van der Waals surface area contributed by atoms with E-state index < -0.39 is 5.97 Å². The van der Waals surface area contributed by atoms with Crippen molar-refractivity contribution in [1.29, 1.82) is 0 Å². The van der Waals surface area contributed by atoms with Crippen LogP contribution >= 0.6 is 11.3 Å². The number of rotatable bonds is 8. The van der Waals surface area contributed by atoms with E-state index in [0.29, 0.717) is 16.3 Å². The quantitative estimate of drug-likeness (QED) is 0.527. The van der Waals surface area contributed by atoms with Crippen LogP contribution in [0.5, 0.6) is 0 Å². The highest BCUT2D eigenvalue weighted by atomic mass is 32.1. The Balaban J connectivity index is 1.41. The number of carbonyl (C=O) groups is 3. The third kappa shape index (κ3) is 6.75. The van der Waals surface area contributed by atoms with Crippen LogP contribution in [0.3, 0.4) is 0 Å². The average molecular weight is 438 g/mol. The average Bonchev–Trinajstić information content (AvgIpc) is 3.19. The molecule has 1 heterocycles. The molecular weight excluding hydrogens is 414 g/mol. The van der Waals surface area contributed by atoms with Gasteiger partial charge >= 0.3 is 5.97 Å². The van der Waals surface area contributed by atoms with E-state index in [2.05, 4.69) is 15.6 Å². The van der Waals surface area contributed by atoms with Crippen LogP contribution in [-0.2, 0) is 27.4 Å². The number of aromatic nitrogens is 1. The van der Waals surface area contributed by atoms with Gasteiger partial charge in [-0.3, -0.25) is 14.4 Å². The minimum atomic E-state index is -0.561. The van der Waals surface area contributed by atoms with E-state index in [1.807, 2.05) is 50.2 Å². The summed E-state index contributed by atoms with van der Waals surface area (Å²) in [4.78, 5) is 40.5. The van der Waals surface area contributed by atoms with Crippen molar-refractivity contribution in [3.63, 3.8) is 0 Å². The second kappa shape index (κ2) is 10.5. The first-order chi connectivity index (χ1) is 14.9. The van der Waals surface area contributed by atoms with Crippen LogP contribution in [0.4, 0.5) is 5.69 Å². The molecular formula is C23H23N3O4S. The van der Waals surface area contributed by atoms with Crippen molar-refractivity contribution in [2.45, 2.75) is 26.9 Å². The maximum atomic E-state index is 12.2. The summed E-state index contributed by atoms with van der Waals surface area (Å²) in [7, 11) is 0. The number of thiazole rings is 1. The van der Waals surface area contributed by atoms with Crippen LogP contribution in [0.1, 0.15) is 32.2 Å². The first-order valence-electron chi connectivity index (χ1n) is 9.70. The second-order valence-corrected chi connectivity index (χ2v) is 7.92. The predicted molar refractivity (Wildman–Crippen MR) is 119 cm³/mol. The first-order valence-corrected chi connectivity index (χ1v) is 10.6. The maximum absolute atomic E-state index is 12.2. The third-order valence-corrected chi connectivity index (χ3v) is 5.31. The maximum Gasteiger partial charge on any atom is 0.325 e. The van der Waals surface area contributed by atoms with Gasteiger partial charge in [0.25, 0.3) is 5.91 Å². The summed E-state index contributed by atoms with van der Waals surface area (Å²) < 4.78 is 5.16. The Morgan fingerprint density at radius 3 is 2.52 bits per heavy atom. The molecule has 0 radical (unpaired) electrons. The molecule has 31 heavy (non-hydrogen) atoms. The third-order valence-electron chi connectivity index (χ3n) is 4.41. The Hall–Kier alpha value is -3.52. The normalized spacial score (nSPS) is 10.4. The number of nitrogens with one attached hydrogen (secondary N) is 2. The van der Waals surface area contributed by atoms with Crippen LogP contribution in [0.25, 0.3) is 0 Å². The van der Waals surface area contributed by atoms with Crippen molar-refractivity contribution in [3.8, 4) is 0 Å². The molecule has 3 rings (SSSR count). The molecule has 0 saturated heterocycles. The summed E-state index contributed by atoms with van der Waals surface area (Å²) in [6, 6.07) is 14.7. The highest BCUT2D eigenvalue weighted by Gasteiger charge is 2.12. The molecule has 7 nitrogen and oxygen atoms in total. The van der Waals surface area contributed by atoms with Gasteiger partial charge < -0.3 is 15.4 Å². The summed E-state index contributed by atoms with van der Waals surface area (Å²) in [6.45, 7) is 3.56. The number of ether oxygens (including phenoxy) is 1. The smallest absolute Gasteiger partial charge is 0.325 e. The summed E-state index contributed by atoms with van der Waals surface area (Å²) in [5, 5.41) is 7.75. The molecule has 2 N–H and O–H groups in total.